The van der Waals surface area contributed by atoms with Crippen molar-refractivity contribution in [2.45, 2.75) is 50.0 Å². The SMILES string of the molecule is CC(O)C(CCO)[C@@H]1O[C@H](CO)[C@@H](O)[C@H](O)[C@H]1O. The first-order valence-electron chi connectivity index (χ1n) is 6.03. The van der Waals surface area contributed by atoms with Gasteiger partial charge in [-0.2, -0.15) is 0 Å². The van der Waals surface area contributed by atoms with E-state index in [0.29, 0.717) is 0 Å². The highest BCUT2D eigenvalue weighted by Crippen LogP contribution is 2.29. The third-order valence-corrected chi connectivity index (χ3v) is 3.43. The van der Waals surface area contributed by atoms with E-state index in [4.69, 9.17) is 14.9 Å². The summed E-state index contributed by atoms with van der Waals surface area (Å²) in [5.41, 5.74) is 0. The minimum absolute atomic E-state index is 0.181. The van der Waals surface area contributed by atoms with Crippen LogP contribution in [0.25, 0.3) is 0 Å². The van der Waals surface area contributed by atoms with Crippen LogP contribution < -0.4 is 0 Å². The minimum atomic E-state index is -1.46. The van der Waals surface area contributed by atoms with Gasteiger partial charge in [-0.3, -0.25) is 0 Å². The predicted octanol–water partition coefficient (Wildman–Crippen LogP) is -2.79. The first-order chi connectivity index (χ1) is 8.43. The van der Waals surface area contributed by atoms with Gasteiger partial charge in [-0.25, -0.2) is 0 Å². The summed E-state index contributed by atoms with van der Waals surface area (Å²) in [6.07, 6.45) is -6.88. The Kier molecular flexibility index (Phi) is 5.93. The summed E-state index contributed by atoms with van der Waals surface area (Å²) < 4.78 is 5.33. The molecule has 0 aromatic rings. The Labute approximate surface area is 105 Å². The van der Waals surface area contributed by atoms with Crippen LogP contribution in [0.2, 0.25) is 0 Å². The first-order valence-corrected chi connectivity index (χ1v) is 6.03. The maximum atomic E-state index is 9.86. The van der Waals surface area contributed by atoms with Gasteiger partial charge < -0.3 is 35.4 Å². The summed E-state index contributed by atoms with van der Waals surface area (Å²) in [5, 5.41) is 56.7. The number of aliphatic hydroxyl groups excluding tert-OH is 6. The molecule has 0 spiro atoms. The van der Waals surface area contributed by atoms with Crippen molar-refractivity contribution in [1.29, 1.82) is 0 Å². The largest absolute Gasteiger partial charge is 0.396 e. The molecular formula is C11H22O7. The molecule has 0 aliphatic carbocycles. The van der Waals surface area contributed by atoms with Crippen LogP contribution in [0, 0.1) is 5.92 Å². The summed E-state index contributed by atoms with van der Waals surface area (Å²) in [7, 11) is 0. The molecule has 18 heavy (non-hydrogen) atoms. The molecule has 0 aromatic carbocycles. The lowest BCUT2D eigenvalue weighted by Crippen LogP contribution is -2.61. The van der Waals surface area contributed by atoms with E-state index in [9.17, 15) is 20.4 Å². The number of hydrogen-bond acceptors (Lipinski definition) is 7. The molecule has 0 bridgehead atoms. The molecule has 1 fully saturated rings. The zero-order valence-electron chi connectivity index (χ0n) is 10.3. The average molecular weight is 266 g/mol. The molecule has 7 heteroatoms. The molecule has 2 unspecified atom stereocenters. The second kappa shape index (κ2) is 6.76. The van der Waals surface area contributed by atoms with Crippen LogP contribution in [0.1, 0.15) is 13.3 Å². The van der Waals surface area contributed by atoms with Gasteiger partial charge in [0.05, 0.1) is 18.8 Å². The van der Waals surface area contributed by atoms with E-state index in [2.05, 4.69) is 0 Å². The van der Waals surface area contributed by atoms with Gasteiger partial charge in [-0.05, 0) is 13.3 Å². The smallest absolute Gasteiger partial charge is 0.111 e. The third-order valence-electron chi connectivity index (χ3n) is 3.43. The van der Waals surface area contributed by atoms with Gasteiger partial charge in [0.25, 0.3) is 0 Å². The molecule has 0 amide bonds. The Morgan fingerprint density at radius 1 is 1.06 bits per heavy atom. The van der Waals surface area contributed by atoms with Crippen LogP contribution in [-0.2, 0) is 4.74 Å². The standard InChI is InChI=1S/C11H22O7/c1-5(14)6(2-3-12)11-10(17)9(16)8(15)7(4-13)18-11/h5-17H,2-4H2,1H3/t5?,6?,7-,8-,9+,10-,11+/m1/s1. The van der Waals surface area contributed by atoms with E-state index in [1.54, 1.807) is 0 Å². The van der Waals surface area contributed by atoms with Crippen LogP contribution in [0.15, 0.2) is 0 Å². The van der Waals surface area contributed by atoms with Gasteiger partial charge >= 0.3 is 0 Å². The maximum Gasteiger partial charge on any atom is 0.111 e. The zero-order valence-corrected chi connectivity index (χ0v) is 10.3. The van der Waals surface area contributed by atoms with Gasteiger partial charge in [0.15, 0.2) is 0 Å². The van der Waals surface area contributed by atoms with Crippen molar-refractivity contribution in [2.75, 3.05) is 13.2 Å². The molecule has 108 valence electrons. The van der Waals surface area contributed by atoms with Crippen LogP contribution in [-0.4, -0.2) is 80.5 Å². The molecule has 1 aliphatic rings. The molecule has 1 aliphatic heterocycles. The van der Waals surface area contributed by atoms with Gasteiger partial charge in [0.2, 0.25) is 0 Å². The molecule has 1 rings (SSSR count). The van der Waals surface area contributed by atoms with Crippen LogP contribution in [0.4, 0.5) is 0 Å². The molecule has 0 saturated carbocycles. The fourth-order valence-electron chi connectivity index (χ4n) is 2.31. The van der Waals surface area contributed by atoms with Gasteiger partial charge in [0.1, 0.15) is 24.4 Å². The van der Waals surface area contributed by atoms with Crippen molar-refractivity contribution in [1.82, 2.24) is 0 Å². The molecule has 7 nitrogen and oxygen atoms in total. The molecule has 1 saturated heterocycles. The summed E-state index contributed by atoms with van der Waals surface area (Å²) >= 11 is 0. The molecule has 1 heterocycles. The fraction of sp³-hybridized carbons (Fsp3) is 1.00. The quantitative estimate of drug-likeness (QED) is 0.317. The monoisotopic (exact) mass is 266 g/mol. The first kappa shape index (κ1) is 15.8. The summed E-state index contributed by atoms with van der Waals surface area (Å²) in [5.74, 6) is -0.596. The third kappa shape index (κ3) is 3.18. The van der Waals surface area contributed by atoms with E-state index in [1.165, 1.54) is 6.92 Å². The van der Waals surface area contributed by atoms with Crippen molar-refractivity contribution in [3.05, 3.63) is 0 Å². The number of hydrogen-bond donors (Lipinski definition) is 6. The van der Waals surface area contributed by atoms with E-state index < -0.39 is 49.1 Å². The van der Waals surface area contributed by atoms with Gasteiger partial charge in [0, 0.05) is 12.5 Å². The lowest BCUT2D eigenvalue weighted by atomic mass is 9.84. The Morgan fingerprint density at radius 3 is 2.11 bits per heavy atom. The van der Waals surface area contributed by atoms with Crippen molar-refractivity contribution >= 4 is 0 Å². The van der Waals surface area contributed by atoms with Crippen molar-refractivity contribution in [2.24, 2.45) is 5.92 Å². The highest BCUT2D eigenvalue weighted by molar-refractivity contribution is 4.95. The van der Waals surface area contributed by atoms with Crippen LogP contribution in [0.3, 0.4) is 0 Å². The van der Waals surface area contributed by atoms with Crippen molar-refractivity contribution in [3.8, 4) is 0 Å². The molecule has 6 N–H and O–H groups in total. The van der Waals surface area contributed by atoms with Gasteiger partial charge in [-0.1, -0.05) is 0 Å². The van der Waals surface area contributed by atoms with Crippen molar-refractivity contribution < 1.29 is 35.4 Å². The second-order valence-corrected chi connectivity index (χ2v) is 4.71. The summed E-state index contributed by atoms with van der Waals surface area (Å²) in [6, 6.07) is 0. The Bertz CT molecular complexity index is 246. The van der Waals surface area contributed by atoms with E-state index in [1.807, 2.05) is 0 Å². The molecular weight excluding hydrogens is 244 g/mol. The number of aliphatic hydroxyl groups is 6. The highest BCUT2D eigenvalue weighted by Gasteiger charge is 2.46. The Balaban J connectivity index is 2.84. The topological polar surface area (TPSA) is 131 Å². The average Bonchev–Trinajstić information content (AvgIpc) is 2.34. The number of ether oxygens (including phenoxy) is 1. The molecule has 0 radical (unpaired) electrons. The second-order valence-electron chi connectivity index (χ2n) is 4.71. The zero-order chi connectivity index (χ0) is 13.9. The van der Waals surface area contributed by atoms with E-state index in [0.717, 1.165) is 0 Å². The Morgan fingerprint density at radius 2 is 1.67 bits per heavy atom. The summed E-state index contributed by atoms with van der Waals surface area (Å²) in [4.78, 5) is 0. The maximum absolute atomic E-state index is 9.86. The highest BCUT2D eigenvalue weighted by atomic mass is 16.5. The lowest BCUT2D eigenvalue weighted by molar-refractivity contribution is -0.248. The molecule has 7 atom stereocenters. The predicted molar refractivity (Wildman–Crippen MR) is 60.6 cm³/mol. The van der Waals surface area contributed by atoms with Gasteiger partial charge in [-0.15, -0.1) is 0 Å². The normalized spacial score (nSPS) is 40.5. The van der Waals surface area contributed by atoms with Crippen LogP contribution >= 0.6 is 0 Å². The number of rotatable bonds is 5. The minimum Gasteiger partial charge on any atom is -0.396 e. The fourth-order valence-corrected chi connectivity index (χ4v) is 2.31. The van der Waals surface area contributed by atoms with E-state index in [-0.39, 0.29) is 13.0 Å². The van der Waals surface area contributed by atoms with E-state index >= 15 is 0 Å². The van der Waals surface area contributed by atoms with Crippen molar-refractivity contribution in [3.63, 3.8) is 0 Å². The Hall–Kier alpha value is -0.280. The lowest BCUT2D eigenvalue weighted by Gasteiger charge is -2.43. The summed E-state index contributed by atoms with van der Waals surface area (Å²) in [6.45, 7) is 0.777. The van der Waals surface area contributed by atoms with Crippen LogP contribution in [0.5, 0.6) is 0 Å². The molecule has 0 aromatic heterocycles.